The van der Waals surface area contributed by atoms with Crippen molar-refractivity contribution in [3.63, 3.8) is 0 Å². The normalized spacial score (nSPS) is 31.0. The van der Waals surface area contributed by atoms with Crippen LogP contribution in [0.25, 0.3) is 0 Å². The van der Waals surface area contributed by atoms with Crippen molar-refractivity contribution in [1.82, 2.24) is 4.90 Å². The van der Waals surface area contributed by atoms with Gasteiger partial charge in [0, 0.05) is 17.3 Å². The van der Waals surface area contributed by atoms with Crippen molar-refractivity contribution in [2.24, 2.45) is 17.8 Å². The highest BCUT2D eigenvalue weighted by Gasteiger charge is 2.76. The number of rotatable bonds is 5. The van der Waals surface area contributed by atoms with Crippen LogP contribution in [-0.4, -0.2) is 48.8 Å². The molecule has 224 valence electrons. The molecule has 2 aliphatic heterocycles. The van der Waals surface area contributed by atoms with Crippen LogP contribution in [0, 0.1) is 17.8 Å². The van der Waals surface area contributed by atoms with E-state index >= 15 is 0 Å². The van der Waals surface area contributed by atoms with Crippen LogP contribution in [0.5, 0.6) is 5.75 Å². The first-order chi connectivity index (χ1) is 21.1. The largest absolute Gasteiger partial charge is 0.508 e. The van der Waals surface area contributed by atoms with Crippen molar-refractivity contribution in [3.05, 3.63) is 96.1 Å². The molecule has 44 heavy (non-hydrogen) atoms. The van der Waals surface area contributed by atoms with Crippen LogP contribution in [0.1, 0.15) is 24.3 Å². The maximum Gasteiger partial charge on any atom is 0.254 e. The fourth-order valence-electron chi connectivity index (χ4n) is 7.47. The lowest BCUT2D eigenvalue weighted by atomic mass is 9.56. The van der Waals surface area contributed by atoms with Crippen LogP contribution >= 0.6 is 39.1 Å². The van der Waals surface area contributed by atoms with E-state index in [9.17, 15) is 24.3 Å². The van der Waals surface area contributed by atoms with Crippen LogP contribution in [0.2, 0.25) is 0 Å². The molecule has 7 rings (SSSR count). The summed E-state index contributed by atoms with van der Waals surface area (Å²) in [6.45, 7) is 0. The smallest absolute Gasteiger partial charge is 0.254 e. The van der Waals surface area contributed by atoms with Gasteiger partial charge in [0.2, 0.25) is 11.8 Å². The summed E-state index contributed by atoms with van der Waals surface area (Å²) in [5.74, 6) is -5.08. The van der Waals surface area contributed by atoms with Gasteiger partial charge in [-0.25, -0.2) is 0 Å². The Bertz CT molecular complexity index is 1750. The number of para-hydroxylation sites is 1. The van der Waals surface area contributed by atoms with Gasteiger partial charge in [-0.3, -0.25) is 29.0 Å². The number of amides is 4. The van der Waals surface area contributed by atoms with Gasteiger partial charge in [0.1, 0.15) is 5.75 Å². The Kier molecular flexibility index (Phi) is 6.91. The highest BCUT2D eigenvalue weighted by atomic mass is 79.9. The van der Waals surface area contributed by atoms with Gasteiger partial charge in [-0.1, -0.05) is 57.9 Å². The molecule has 6 unspecified atom stereocenters. The van der Waals surface area contributed by atoms with E-state index in [0.29, 0.717) is 16.8 Å². The number of phenols is 1. The lowest BCUT2D eigenvalue weighted by molar-refractivity contribution is -0.138. The number of phenolic OH excluding ortho intramolecular Hbond substituents is 1. The van der Waals surface area contributed by atoms with Gasteiger partial charge < -0.3 is 10.4 Å². The van der Waals surface area contributed by atoms with Crippen LogP contribution in [-0.2, 0) is 19.2 Å². The van der Waals surface area contributed by atoms with E-state index in [-0.39, 0.29) is 35.9 Å². The van der Waals surface area contributed by atoms with E-state index in [1.165, 1.54) is 17.0 Å². The summed E-state index contributed by atoms with van der Waals surface area (Å²) in [6.07, 6.45) is 2.03. The number of imide groups is 2. The lowest BCUT2D eigenvalue weighted by Gasteiger charge is -2.50. The number of nitrogens with zero attached hydrogens (tertiary/aromatic N) is 2. The fraction of sp³-hybridized carbons (Fsp3) is 0.273. The van der Waals surface area contributed by atoms with Crippen molar-refractivity contribution in [3.8, 4) is 5.75 Å². The first-order valence-electron chi connectivity index (χ1n) is 14.2. The van der Waals surface area contributed by atoms with Crippen LogP contribution < -0.4 is 10.2 Å². The average Bonchev–Trinajstić information content (AvgIpc) is 3.35. The second-order valence-electron chi connectivity index (χ2n) is 11.6. The van der Waals surface area contributed by atoms with Gasteiger partial charge in [0.25, 0.3) is 11.8 Å². The number of likely N-dealkylation sites (tertiary alicyclic amines) is 1. The number of halogens is 3. The van der Waals surface area contributed by atoms with E-state index in [4.69, 9.17) is 23.2 Å². The van der Waals surface area contributed by atoms with E-state index in [2.05, 4.69) is 21.2 Å². The molecule has 6 atom stereocenters. The molecule has 0 aromatic heterocycles. The highest BCUT2D eigenvalue weighted by molar-refractivity contribution is 9.09. The maximum absolute atomic E-state index is 14.2. The molecule has 8 nitrogen and oxygen atoms in total. The molecule has 11 heteroatoms. The van der Waals surface area contributed by atoms with Crippen molar-refractivity contribution >= 4 is 79.8 Å². The summed E-state index contributed by atoms with van der Waals surface area (Å²) < 4.78 is 0. The Balaban J connectivity index is 1.27. The molecule has 2 saturated heterocycles. The first-order valence-corrected chi connectivity index (χ1v) is 16.1. The highest BCUT2D eigenvalue weighted by Crippen LogP contribution is 2.65. The number of fused-ring (bicyclic) bond motifs is 4. The Labute approximate surface area is 271 Å². The molecule has 1 saturated carbocycles. The standard InChI is InChI=1S/C33H26BrCl2N3O5/c34-17-38-30(43)32(35)16-25-23(27(33(32,36)31(38)44)18-5-4-8-22(40)15-18)13-14-24-26(25)29(42)39(28(24)41)21-11-9-20(10-12-21)37-19-6-2-1-3-7-19/h1-13,15,24-27,37,40H,14,16-17H2. The third-order valence-electron chi connectivity index (χ3n) is 9.41. The number of aromatic hydroxyl groups is 1. The van der Waals surface area contributed by atoms with Crippen molar-refractivity contribution < 1.29 is 24.3 Å². The second-order valence-corrected chi connectivity index (χ2v) is 13.4. The van der Waals surface area contributed by atoms with Crippen LogP contribution in [0.15, 0.2) is 90.5 Å². The third-order valence-corrected chi connectivity index (χ3v) is 11.3. The first kappa shape index (κ1) is 29.1. The molecule has 3 aromatic rings. The molecule has 3 aromatic carbocycles. The van der Waals surface area contributed by atoms with Gasteiger partial charge >= 0.3 is 0 Å². The minimum Gasteiger partial charge on any atom is -0.508 e. The molecule has 2 aliphatic carbocycles. The molecule has 0 spiro atoms. The Morgan fingerprint density at radius 2 is 1.57 bits per heavy atom. The topological polar surface area (TPSA) is 107 Å². The monoisotopic (exact) mass is 693 g/mol. The van der Waals surface area contributed by atoms with E-state index < -0.39 is 45.2 Å². The van der Waals surface area contributed by atoms with E-state index in [0.717, 1.165) is 16.3 Å². The second kappa shape index (κ2) is 10.5. The summed E-state index contributed by atoms with van der Waals surface area (Å²) in [6, 6.07) is 23.0. The molecule has 0 radical (unpaired) electrons. The van der Waals surface area contributed by atoms with Gasteiger partial charge in [-0.05, 0) is 72.9 Å². The molecular weight excluding hydrogens is 669 g/mol. The number of anilines is 3. The summed E-state index contributed by atoms with van der Waals surface area (Å²) >= 11 is 17.7. The summed E-state index contributed by atoms with van der Waals surface area (Å²) in [5, 5.41) is 13.7. The van der Waals surface area contributed by atoms with Crippen molar-refractivity contribution in [2.45, 2.75) is 28.5 Å². The van der Waals surface area contributed by atoms with Gasteiger partial charge in [0.05, 0.1) is 23.0 Å². The summed E-state index contributed by atoms with van der Waals surface area (Å²) in [4.78, 5) is 54.0. The fourth-order valence-corrected chi connectivity index (χ4v) is 8.89. The predicted molar refractivity (Wildman–Crippen MR) is 170 cm³/mol. The molecule has 4 aliphatic rings. The number of hydrogen-bond acceptors (Lipinski definition) is 6. The Hall–Kier alpha value is -3.66. The minimum absolute atomic E-state index is 0.0445. The number of allylic oxidation sites excluding steroid dienone is 2. The average molecular weight is 695 g/mol. The van der Waals surface area contributed by atoms with Gasteiger partial charge in [-0.2, -0.15) is 0 Å². The van der Waals surface area contributed by atoms with Gasteiger partial charge in [-0.15, -0.1) is 23.2 Å². The number of benzene rings is 3. The number of nitrogens with one attached hydrogen (secondary N) is 1. The zero-order chi connectivity index (χ0) is 31.0. The molecule has 3 fully saturated rings. The van der Waals surface area contributed by atoms with Gasteiger partial charge in [0.15, 0.2) is 9.75 Å². The third kappa shape index (κ3) is 4.02. The zero-order valence-corrected chi connectivity index (χ0v) is 26.2. The molecule has 0 bridgehead atoms. The van der Waals surface area contributed by atoms with Crippen LogP contribution in [0.3, 0.4) is 0 Å². The summed E-state index contributed by atoms with van der Waals surface area (Å²) in [7, 11) is 0. The van der Waals surface area contributed by atoms with E-state index in [1.54, 1.807) is 36.4 Å². The SMILES string of the molecule is O=C1C2CC=C3C(CC4(Cl)C(=O)N(CBr)C(=O)C4(Cl)C3c3cccc(O)c3)C2C(=O)N1c1ccc(Nc2ccccc2)cc1. The number of carbonyl (C=O) groups is 4. The van der Waals surface area contributed by atoms with Crippen molar-refractivity contribution in [1.29, 1.82) is 0 Å². The Morgan fingerprint density at radius 3 is 2.25 bits per heavy atom. The molecular formula is C33H26BrCl2N3O5. The van der Waals surface area contributed by atoms with Crippen LogP contribution in [0.4, 0.5) is 17.1 Å². The maximum atomic E-state index is 14.2. The van der Waals surface area contributed by atoms with E-state index in [1.807, 2.05) is 36.4 Å². The van der Waals surface area contributed by atoms with Crippen molar-refractivity contribution in [2.75, 3.05) is 15.7 Å². The number of carbonyl (C=O) groups excluding carboxylic acids is 4. The zero-order valence-electron chi connectivity index (χ0n) is 23.1. The minimum atomic E-state index is -1.91. The predicted octanol–water partition coefficient (Wildman–Crippen LogP) is 6.05. The quantitative estimate of drug-likeness (QED) is 0.146. The molecule has 4 amide bonds. The number of hydrogen-bond donors (Lipinski definition) is 2. The molecule has 2 heterocycles. The number of alkyl halides is 3. The molecule has 2 N–H and O–H groups in total. The Morgan fingerprint density at radius 1 is 0.864 bits per heavy atom. The lowest BCUT2D eigenvalue weighted by Crippen LogP contribution is -2.60. The summed E-state index contributed by atoms with van der Waals surface area (Å²) in [5.41, 5.74) is 3.21.